The quantitative estimate of drug-likeness (QED) is 0.835. The van der Waals surface area contributed by atoms with Crippen LogP contribution in [-0.2, 0) is 0 Å². The Balaban J connectivity index is 1.64. The Labute approximate surface area is 158 Å². The van der Waals surface area contributed by atoms with Crippen LogP contribution in [0.2, 0.25) is 0 Å². The average Bonchev–Trinajstić information content (AvgIpc) is 2.90. The number of fused-ring (bicyclic) bond motifs is 2. The molecule has 7 heteroatoms. The number of rotatable bonds is 1. The Bertz CT molecular complexity index is 909. The zero-order valence-electron chi connectivity index (χ0n) is 15.4. The molecule has 0 spiro atoms. The highest BCUT2D eigenvalue weighted by Gasteiger charge is 2.35. The molecule has 2 saturated heterocycles. The molecule has 7 nitrogen and oxygen atoms in total. The lowest BCUT2D eigenvalue weighted by Crippen LogP contribution is -2.58. The molecular formula is C20H23N5O2. The Morgan fingerprint density at radius 2 is 2.11 bits per heavy atom. The number of benzene rings is 1. The number of carboxylic acid groups (broad SMARTS) is 1. The van der Waals surface area contributed by atoms with E-state index in [4.69, 9.17) is 0 Å². The van der Waals surface area contributed by atoms with Gasteiger partial charge >= 0.3 is 6.09 Å². The second-order valence-electron chi connectivity index (χ2n) is 7.35. The summed E-state index contributed by atoms with van der Waals surface area (Å²) in [7, 11) is 0. The van der Waals surface area contributed by atoms with Crippen molar-refractivity contribution in [2.24, 2.45) is 0 Å². The maximum Gasteiger partial charge on any atom is 0.407 e. The number of carbonyl (C=O) groups is 1. The van der Waals surface area contributed by atoms with Gasteiger partial charge in [0.05, 0.1) is 11.1 Å². The third-order valence-electron chi connectivity index (χ3n) is 5.79. The standard InChI is InChI=1S/C20H23N5O2/c1-14-12-24(13-16-6-8-23(20(26)27)9-10-25(14)16)18-5-4-15(11-21)19-17(18)3-2-7-22-19/h2-5,7,14,16H,6,8-10,12-13H2,1H3,(H,26,27)/t14-,16+/m1/s1. The summed E-state index contributed by atoms with van der Waals surface area (Å²) in [4.78, 5) is 22.1. The van der Waals surface area contributed by atoms with Gasteiger partial charge in [0.25, 0.3) is 0 Å². The summed E-state index contributed by atoms with van der Waals surface area (Å²) >= 11 is 0. The van der Waals surface area contributed by atoms with E-state index in [-0.39, 0.29) is 0 Å². The molecule has 0 saturated carbocycles. The van der Waals surface area contributed by atoms with Gasteiger partial charge in [-0.05, 0) is 37.6 Å². The van der Waals surface area contributed by atoms with Crippen LogP contribution < -0.4 is 4.90 Å². The Morgan fingerprint density at radius 3 is 2.89 bits per heavy atom. The number of aromatic nitrogens is 1. The number of hydrogen-bond acceptors (Lipinski definition) is 5. The molecule has 0 bridgehead atoms. The van der Waals surface area contributed by atoms with Crippen molar-refractivity contribution >= 4 is 22.7 Å². The van der Waals surface area contributed by atoms with Gasteiger partial charge in [0.15, 0.2) is 0 Å². The zero-order valence-corrected chi connectivity index (χ0v) is 15.4. The Morgan fingerprint density at radius 1 is 1.26 bits per heavy atom. The van der Waals surface area contributed by atoms with Gasteiger partial charge in [-0.25, -0.2) is 4.79 Å². The molecule has 0 aliphatic carbocycles. The third kappa shape index (κ3) is 3.17. The minimum absolute atomic E-state index is 0.320. The van der Waals surface area contributed by atoms with E-state index in [1.807, 2.05) is 24.3 Å². The summed E-state index contributed by atoms with van der Waals surface area (Å²) in [5.41, 5.74) is 2.43. The first-order valence-electron chi connectivity index (χ1n) is 9.35. The van der Waals surface area contributed by atoms with Crippen LogP contribution in [0.15, 0.2) is 30.5 Å². The van der Waals surface area contributed by atoms with Gasteiger partial charge in [0, 0.05) is 62.1 Å². The van der Waals surface area contributed by atoms with Crippen molar-refractivity contribution in [2.45, 2.75) is 25.4 Å². The first-order valence-corrected chi connectivity index (χ1v) is 9.35. The van der Waals surface area contributed by atoms with Crippen LogP contribution >= 0.6 is 0 Å². The first kappa shape index (κ1) is 17.6. The normalized spacial score (nSPS) is 23.6. The molecule has 27 heavy (non-hydrogen) atoms. The van der Waals surface area contributed by atoms with E-state index in [0.29, 0.717) is 30.7 Å². The van der Waals surface area contributed by atoms with Crippen molar-refractivity contribution < 1.29 is 9.90 Å². The molecule has 2 aromatic rings. The molecule has 0 radical (unpaired) electrons. The van der Waals surface area contributed by atoms with Gasteiger partial charge in [0.2, 0.25) is 0 Å². The van der Waals surface area contributed by atoms with Gasteiger partial charge in [-0.1, -0.05) is 0 Å². The monoisotopic (exact) mass is 365 g/mol. The van der Waals surface area contributed by atoms with Crippen molar-refractivity contribution in [3.05, 3.63) is 36.0 Å². The second-order valence-corrected chi connectivity index (χ2v) is 7.35. The molecule has 1 amide bonds. The van der Waals surface area contributed by atoms with Gasteiger partial charge in [0.1, 0.15) is 6.07 Å². The molecule has 140 valence electrons. The van der Waals surface area contributed by atoms with Gasteiger partial charge in [-0.3, -0.25) is 9.88 Å². The average molecular weight is 365 g/mol. The maximum atomic E-state index is 11.4. The van der Waals surface area contributed by atoms with Gasteiger partial charge < -0.3 is 14.9 Å². The van der Waals surface area contributed by atoms with Crippen LogP contribution in [0, 0.1) is 11.3 Å². The molecule has 4 rings (SSSR count). The van der Waals surface area contributed by atoms with E-state index < -0.39 is 6.09 Å². The van der Waals surface area contributed by atoms with E-state index in [1.54, 1.807) is 6.20 Å². The van der Waals surface area contributed by atoms with Crippen LogP contribution in [0.3, 0.4) is 0 Å². The topological polar surface area (TPSA) is 83.7 Å². The van der Waals surface area contributed by atoms with Crippen molar-refractivity contribution in [1.82, 2.24) is 14.8 Å². The smallest absolute Gasteiger partial charge is 0.407 e. The fourth-order valence-corrected chi connectivity index (χ4v) is 4.44. The summed E-state index contributed by atoms with van der Waals surface area (Å²) in [6, 6.07) is 10.7. The summed E-state index contributed by atoms with van der Waals surface area (Å²) in [6.07, 6.45) is 1.72. The van der Waals surface area contributed by atoms with Crippen molar-refractivity contribution in [3.63, 3.8) is 0 Å². The highest BCUT2D eigenvalue weighted by molar-refractivity contribution is 5.95. The van der Waals surface area contributed by atoms with Crippen LogP contribution in [-0.4, -0.2) is 70.8 Å². The lowest BCUT2D eigenvalue weighted by molar-refractivity contribution is 0.125. The predicted molar refractivity (Wildman–Crippen MR) is 103 cm³/mol. The van der Waals surface area contributed by atoms with Crippen molar-refractivity contribution in [2.75, 3.05) is 37.6 Å². The maximum absolute atomic E-state index is 11.4. The molecule has 0 unspecified atom stereocenters. The van der Waals surface area contributed by atoms with Gasteiger partial charge in [-0.15, -0.1) is 0 Å². The van der Waals surface area contributed by atoms with E-state index in [9.17, 15) is 15.2 Å². The number of amides is 1. The molecule has 1 N–H and O–H groups in total. The highest BCUT2D eigenvalue weighted by atomic mass is 16.4. The first-order chi connectivity index (χ1) is 13.1. The SMILES string of the molecule is C[C@@H]1CN(c2ccc(C#N)c3ncccc23)C[C@@H]2CCN(C(=O)O)CCN21. The van der Waals surface area contributed by atoms with E-state index >= 15 is 0 Å². The summed E-state index contributed by atoms with van der Waals surface area (Å²) in [5.74, 6) is 0. The molecule has 2 aliphatic heterocycles. The molecule has 1 aromatic heterocycles. The lowest BCUT2D eigenvalue weighted by atomic mass is 10.0. The number of nitriles is 1. The fraction of sp³-hybridized carbons (Fsp3) is 0.450. The van der Waals surface area contributed by atoms with Crippen LogP contribution in [0.4, 0.5) is 10.5 Å². The van der Waals surface area contributed by atoms with Crippen LogP contribution in [0.5, 0.6) is 0 Å². The molecular weight excluding hydrogens is 342 g/mol. The number of hydrogen-bond donors (Lipinski definition) is 1. The number of pyridine rings is 1. The fourth-order valence-electron chi connectivity index (χ4n) is 4.44. The van der Waals surface area contributed by atoms with Crippen molar-refractivity contribution in [3.8, 4) is 6.07 Å². The minimum Gasteiger partial charge on any atom is -0.465 e. The van der Waals surface area contributed by atoms with Crippen LogP contribution in [0.1, 0.15) is 18.9 Å². The summed E-state index contributed by atoms with van der Waals surface area (Å²) < 4.78 is 0. The van der Waals surface area contributed by atoms with Crippen LogP contribution in [0.25, 0.3) is 10.9 Å². The molecule has 3 heterocycles. The third-order valence-corrected chi connectivity index (χ3v) is 5.79. The lowest BCUT2D eigenvalue weighted by Gasteiger charge is -2.46. The Kier molecular flexibility index (Phi) is 4.58. The zero-order chi connectivity index (χ0) is 19.0. The molecule has 2 atom stereocenters. The predicted octanol–water partition coefficient (Wildman–Crippen LogP) is 2.37. The van der Waals surface area contributed by atoms with E-state index in [0.717, 1.165) is 42.6 Å². The number of piperazine rings is 1. The largest absolute Gasteiger partial charge is 0.465 e. The Hall–Kier alpha value is -2.85. The molecule has 2 fully saturated rings. The van der Waals surface area contributed by atoms with Gasteiger partial charge in [-0.2, -0.15) is 5.26 Å². The number of anilines is 1. The molecule has 1 aromatic carbocycles. The second kappa shape index (κ2) is 7.05. The minimum atomic E-state index is -0.830. The summed E-state index contributed by atoms with van der Waals surface area (Å²) in [6.45, 7) is 5.86. The number of nitrogens with zero attached hydrogens (tertiary/aromatic N) is 5. The summed E-state index contributed by atoms with van der Waals surface area (Å²) in [5, 5.41) is 19.7. The highest BCUT2D eigenvalue weighted by Crippen LogP contribution is 2.32. The van der Waals surface area contributed by atoms with E-state index in [1.165, 1.54) is 4.90 Å². The molecule has 2 aliphatic rings. The van der Waals surface area contributed by atoms with Crippen molar-refractivity contribution in [1.29, 1.82) is 5.26 Å². The van der Waals surface area contributed by atoms with E-state index in [2.05, 4.69) is 27.8 Å².